The smallest absolute Gasteiger partial charge is 0.293 e. The van der Waals surface area contributed by atoms with E-state index < -0.39 is 4.92 Å². The van der Waals surface area contributed by atoms with Crippen LogP contribution in [0.5, 0.6) is 0 Å². The maximum atomic E-state index is 12.4. The minimum Gasteiger partial charge on any atom is -0.359 e. The minimum absolute atomic E-state index is 0.0850. The van der Waals surface area contributed by atoms with Crippen LogP contribution in [0.3, 0.4) is 0 Å². The van der Waals surface area contributed by atoms with Crippen LogP contribution in [0.15, 0.2) is 42.5 Å². The molecule has 1 unspecified atom stereocenters. The highest BCUT2D eigenvalue weighted by Crippen LogP contribution is 2.31. The zero-order chi connectivity index (χ0) is 17.3. The van der Waals surface area contributed by atoms with E-state index in [0.717, 1.165) is 17.7 Å². The van der Waals surface area contributed by atoms with Crippen molar-refractivity contribution < 1.29 is 9.72 Å². The molecule has 2 aromatic carbocycles. The number of anilines is 2. The fourth-order valence-corrected chi connectivity index (χ4v) is 3.11. The molecule has 2 aromatic rings. The van der Waals surface area contributed by atoms with E-state index in [2.05, 4.69) is 18.3 Å². The normalized spacial score (nSPS) is 15.9. The molecular formula is C18H19N3O3. The molecule has 1 N–H and O–H groups in total. The van der Waals surface area contributed by atoms with Crippen LogP contribution in [0.4, 0.5) is 17.1 Å². The van der Waals surface area contributed by atoms with E-state index in [9.17, 15) is 14.9 Å². The molecule has 124 valence electrons. The average Bonchev–Trinajstić information content (AvgIpc) is 2.85. The summed E-state index contributed by atoms with van der Waals surface area (Å²) in [5.41, 5.74) is 3.20. The van der Waals surface area contributed by atoms with E-state index in [1.54, 1.807) is 19.1 Å². The molecule has 3 rings (SSSR count). The molecule has 1 aliphatic heterocycles. The fourth-order valence-electron chi connectivity index (χ4n) is 3.11. The first-order valence-electron chi connectivity index (χ1n) is 7.85. The first-order chi connectivity index (χ1) is 11.5. The second kappa shape index (κ2) is 6.31. The van der Waals surface area contributed by atoms with Gasteiger partial charge in [-0.15, -0.1) is 0 Å². The summed E-state index contributed by atoms with van der Waals surface area (Å²) in [5.74, 6) is -0.259. The zero-order valence-corrected chi connectivity index (χ0v) is 13.7. The number of aryl methyl sites for hydroxylation is 1. The number of carbonyl (C=O) groups is 1. The Morgan fingerprint density at radius 2 is 2.08 bits per heavy atom. The Morgan fingerprint density at radius 1 is 1.33 bits per heavy atom. The van der Waals surface area contributed by atoms with Gasteiger partial charge in [0.05, 0.1) is 11.5 Å². The van der Waals surface area contributed by atoms with E-state index in [1.807, 2.05) is 23.1 Å². The standard InChI is InChI=1S/C18H19N3O3/c1-12-7-8-15(17(9-12)21(23)24)19-18(22)11-20-13(2)10-14-5-3-4-6-16(14)20/h3-9,13H,10-11H2,1-2H3,(H,19,22). The van der Waals surface area contributed by atoms with E-state index >= 15 is 0 Å². The number of nitrogens with zero attached hydrogens (tertiary/aromatic N) is 2. The highest BCUT2D eigenvalue weighted by atomic mass is 16.6. The third kappa shape index (κ3) is 3.08. The lowest BCUT2D eigenvalue weighted by Gasteiger charge is -2.24. The molecule has 24 heavy (non-hydrogen) atoms. The van der Waals surface area contributed by atoms with E-state index in [-0.39, 0.29) is 29.9 Å². The average molecular weight is 325 g/mol. The minimum atomic E-state index is -0.476. The summed E-state index contributed by atoms with van der Waals surface area (Å²) in [7, 11) is 0. The SMILES string of the molecule is Cc1ccc(NC(=O)CN2c3ccccc3CC2C)c([N+](=O)[O-])c1. The number of nitrogens with one attached hydrogen (secondary N) is 1. The van der Waals surface area contributed by atoms with Crippen LogP contribution < -0.4 is 10.2 Å². The summed E-state index contributed by atoms with van der Waals surface area (Å²) >= 11 is 0. The van der Waals surface area contributed by atoms with Crippen LogP contribution in [-0.4, -0.2) is 23.4 Å². The van der Waals surface area contributed by atoms with Crippen LogP contribution in [-0.2, 0) is 11.2 Å². The number of nitro benzene ring substituents is 1. The Morgan fingerprint density at radius 3 is 2.83 bits per heavy atom. The van der Waals surface area contributed by atoms with Crippen molar-refractivity contribution in [3.05, 3.63) is 63.7 Å². The first kappa shape index (κ1) is 16.0. The molecule has 0 saturated carbocycles. The van der Waals surface area contributed by atoms with Crippen molar-refractivity contribution in [2.24, 2.45) is 0 Å². The van der Waals surface area contributed by atoms with Gasteiger partial charge in [-0.25, -0.2) is 0 Å². The number of para-hydroxylation sites is 1. The Hall–Kier alpha value is -2.89. The lowest BCUT2D eigenvalue weighted by Crippen LogP contribution is -2.37. The van der Waals surface area contributed by atoms with Crippen molar-refractivity contribution in [2.45, 2.75) is 26.3 Å². The van der Waals surface area contributed by atoms with Crippen molar-refractivity contribution in [1.29, 1.82) is 0 Å². The van der Waals surface area contributed by atoms with Crippen LogP contribution >= 0.6 is 0 Å². The molecule has 0 radical (unpaired) electrons. The maximum Gasteiger partial charge on any atom is 0.293 e. The highest BCUT2D eigenvalue weighted by molar-refractivity contribution is 5.96. The van der Waals surface area contributed by atoms with Crippen molar-refractivity contribution in [1.82, 2.24) is 0 Å². The third-order valence-corrected chi connectivity index (χ3v) is 4.29. The monoisotopic (exact) mass is 325 g/mol. The Balaban J connectivity index is 1.76. The van der Waals surface area contributed by atoms with Crippen molar-refractivity contribution in [2.75, 3.05) is 16.8 Å². The first-order valence-corrected chi connectivity index (χ1v) is 7.85. The highest BCUT2D eigenvalue weighted by Gasteiger charge is 2.27. The molecule has 0 aliphatic carbocycles. The molecular weight excluding hydrogens is 306 g/mol. The molecule has 0 bridgehead atoms. The van der Waals surface area contributed by atoms with Crippen molar-refractivity contribution in [3.8, 4) is 0 Å². The second-order valence-corrected chi connectivity index (χ2v) is 6.14. The lowest BCUT2D eigenvalue weighted by molar-refractivity contribution is -0.384. The van der Waals surface area contributed by atoms with Crippen LogP contribution in [0.1, 0.15) is 18.1 Å². The molecule has 0 saturated heterocycles. The van der Waals surface area contributed by atoms with Gasteiger partial charge in [-0.2, -0.15) is 0 Å². The van der Waals surface area contributed by atoms with Crippen LogP contribution in [0, 0.1) is 17.0 Å². The molecule has 0 aromatic heterocycles. The van der Waals surface area contributed by atoms with Gasteiger partial charge in [0.15, 0.2) is 0 Å². The number of amides is 1. The predicted molar refractivity (Wildman–Crippen MR) is 93.4 cm³/mol. The lowest BCUT2D eigenvalue weighted by atomic mass is 10.1. The van der Waals surface area contributed by atoms with Gasteiger partial charge >= 0.3 is 0 Å². The largest absolute Gasteiger partial charge is 0.359 e. The molecule has 0 fully saturated rings. The van der Waals surface area contributed by atoms with Gasteiger partial charge in [0.1, 0.15) is 5.69 Å². The van der Waals surface area contributed by atoms with Crippen molar-refractivity contribution in [3.63, 3.8) is 0 Å². The van der Waals surface area contributed by atoms with Gasteiger partial charge in [-0.1, -0.05) is 24.3 Å². The van der Waals surface area contributed by atoms with Crippen LogP contribution in [0.2, 0.25) is 0 Å². The van der Waals surface area contributed by atoms with Crippen LogP contribution in [0.25, 0.3) is 0 Å². The summed E-state index contributed by atoms with van der Waals surface area (Å²) < 4.78 is 0. The molecule has 1 heterocycles. The summed E-state index contributed by atoms with van der Waals surface area (Å²) in [5, 5.41) is 13.8. The van der Waals surface area contributed by atoms with Gasteiger partial charge in [0.25, 0.3) is 5.69 Å². The van der Waals surface area contributed by atoms with Gasteiger partial charge in [-0.3, -0.25) is 14.9 Å². The Bertz CT molecular complexity index is 804. The zero-order valence-electron chi connectivity index (χ0n) is 13.7. The van der Waals surface area contributed by atoms with Crippen molar-refractivity contribution >= 4 is 23.0 Å². The maximum absolute atomic E-state index is 12.4. The number of fused-ring (bicyclic) bond motifs is 1. The molecule has 0 spiro atoms. The predicted octanol–water partition coefficient (Wildman–Crippen LogP) is 3.29. The number of rotatable bonds is 4. The molecule has 1 aliphatic rings. The number of hydrogen-bond acceptors (Lipinski definition) is 4. The van der Waals surface area contributed by atoms with Gasteiger partial charge in [0, 0.05) is 17.8 Å². The fraction of sp³-hybridized carbons (Fsp3) is 0.278. The number of benzene rings is 2. The van der Waals surface area contributed by atoms with E-state index in [0.29, 0.717) is 0 Å². The quantitative estimate of drug-likeness (QED) is 0.691. The Labute approximate surface area is 140 Å². The molecule has 6 heteroatoms. The summed E-state index contributed by atoms with van der Waals surface area (Å²) in [4.78, 5) is 25.1. The van der Waals surface area contributed by atoms with Gasteiger partial charge < -0.3 is 10.2 Å². The summed E-state index contributed by atoms with van der Waals surface area (Å²) in [6.45, 7) is 4.02. The number of hydrogen-bond donors (Lipinski definition) is 1. The topological polar surface area (TPSA) is 75.5 Å². The molecule has 1 atom stereocenters. The van der Waals surface area contributed by atoms with E-state index in [1.165, 1.54) is 11.6 Å². The third-order valence-electron chi connectivity index (χ3n) is 4.29. The summed E-state index contributed by atoms with van der Waals surface area (Å²) in [6.07, 6.45) is 0.897. The number of carbonyl (C=O) groups excluding carboxylic acids is 1. The summed E-state index contributed by atoms with van der Waals surface area (Å²) in [6, 6.07) is 13.0. The molecule has 6 nitrogen and oxygen atoms in total. The van der Waals surface area contributed by atoms with Gasteiger partial charge in [0.2, 0.25) is 5.91 Å². The van der Waals surface area contributed by atoms with Gasteiger partial charge in [-0.05, 0) is 43.5 Å². The molecule has 1 amide bonds. The second-order valence-electron chi connectivity index (χ2n) is 6.14. The van der Waals surface area contributed by atoms with E-state index in [4.69, 9.17) is 0 Å². The number of nitro groups is 1. The Kier molecular flexibility index (Phi) is 4.20.